The zero-order chi connectivity index (χ0) is 13.2. The number of piperazine rings is 1. The maximum atomic E-state index is 4.38. The molecule has 1 N–H and O–H groups in total. The number of hydrogen-bond donors (Lipinski definition) is 1. The van der Waals surface area contributed by atoms with Crippen molar-refractivity contribution in [1.29, 1.82) is 0 Å². The van der Waals surface area contributed by atoms with Crippen LogP contribution in [0.3, 0.4) is 0 Å². The highest BCUT2D eigenvalue weighted by Gasteiger charge is 2.32. The van der Waals surface area contributed by atoms with E-state index in [1.807, 2.05) is 12.3 Å². The first-order valence-electron chi connectivity index (χ1n) is 6.55. The van der Waals surface area contributed by atoms with E-state index in [4.69, 9.17) is 0 Å². The predicted octanol–water partition coefficient (Wildman–Crippen LogP) is 2.84. The average Bonchev–Trinajstić information content (AvgIpc) is 2.32. The third kappa shape index (κ3) is 3.31. The SMILES string of the molecule is CC(C)(C)[C@H](c1ccc(Br)nc1)N1CCNCC1. The minimum Gasteiger partial charge on any atom is -0.314 e. The van der Waals surface area contributed by atoms with Gasteiger partial charge in [-0.15, -0.1) is 0 Å². The number of hydrogen-bond acceptors (Lipinski definition) is 3. The van der Waals surface area contributed by atoms with Crippen LogP contribution in [0.15, 0.2) is 22.9 Å². The third-order valence-electron chi connectivity index (χ3n) is 3.40. The number of halogens is 1. The molecule has 0 aromatic carbocycles. The summed E-state index contributed by atoms with van der Waals surface area (Å²) in [5.74, 6) is 0. The number of nitrogens with one attached hydrogen (secondary N) is 1. The second-order valence-corrected chi connectivity index (χ2v) is 6.78. The van der Waals surface area contributed by atoms with Crippen LogP contribution < -0.4 is 5.32 Å². The van der Waals surface area contributed by atoms with Crippen LogP contribution in [-0.4, -0.2) is 36.1 Å². The highest BCUT2D eigenvalue weighted by atomic mass is 79.9. The molecule has 1 saturated heterocycles. The fourth-order valence-corrected chi connectivity index (χ4v) is 2.98. The molecule has 18 heavy (non-hydrogen) atoms. The molecule has 0 amide bonds. The van der Waals surface area contributed by atoms with Crippen molar-refractivity contribution >= 4 is 15.9 Å². The Bertz CT molecular complexity index is 377. The lowest BCUT2D eigenvalue weighted by Gasteiger charge is -2.42. The van der Waals surface area contributed by atoms with Gasteiger partial charge in [-0.2, -0.15) is 0 Å². The zero-order valence-corrected chi connectivity index (χ0v) is 13.0. The van der Waals surface area contributed by atoms with Crippen LogP contribution in [0.4, 0.5) is 0 Å². The van der Waals surface area contributed by atoms with E-state index in [0.717, 1.165) is 30.8 Å². The summed E-state index contributed by atoms with van der Waals surface area (Å²) in [4.78, 5) is 6.95. The minimum absolute atomic E-state index is 0.215. The van der Waals surface area contributed by atoms with Gasteiger partial charge in [-0.25, -0.2) is 4.98 Å². The van der Waals surface area contributed by atoms with Crippen LogP contribution in [0.1, 0.15) is 32.4 Å². The molecule has 1 aromatic rings. The van der Waals surface area contributed by atoms with Crippen LogP contribution in [0.2, 0.25) is 0 Å². The Balaban J connectivity index is 2.27. The van der Waals surface area contributed by atoms with Gasteiger partial charge in [-0.1, -0.05) is 26.8 Å². The highest BCUT2D eigenvalue weighted by molar-refractivity contribution is 9.10. The summed E-state index contributed by atoms with van der Waals surface area (Å²) in [5.41, 5.74) is 1.53. The van der Waals surface area contributed by atoms with Crippen LogP contribution in [0.5, 0.6) is 0 Å². The first-order valence-corrected chi connectivity index (χ1v) is 7.34. The first-order chi connectivity index (χ1) is 8.48. The molecule has 0 spiro atoms. The van der Waals surface area contributed by atoms with Gasteiger partial charge in [-0.3, -0.25) is 4.90 Å². The molecule has 0 radical (unpaired) electrons. The van der Waals surface area contributed by atoms with Crippen molar-refractivity contribution < 1.29 is 0 Å². The van der Waals surface area contributed by atoms with Crippen LogP contribution >= 0.6 is 15.9 Å². The van der Waals surface area contributed by atoms with Crippen molar-refractivity contribution in [2.24, 2.45) is 5.41 Å². The van der Waals surface area contributed by atoms with E-state index in [0.29, 0.717) is 6.04 Å². The van der Waals surface area contributed by atoms with Gasteiger partial charge >= 0.3 is 0 Å². The second kappa shape index (κ2) is 5.68. The second-order valence-electron chi connectivity index (χ2n) is 5.97. The molecular formula is C14H22BrN3. The Morgan fingerprint density at radius 3 is 2.44 bits per heavy atom. The van der Waals surface area contributed by atoms with Gasteiger partial charge in [0.2, 0.25) is 0 Å². The van der Waals surface area contributed by atoms with Crippen molar-refractivity contribution in [3.63, 3.8) is 0 Å². The van der Waals surface area contributed by atoms with Crippen molar-refractivity contribution in [2.45, 2.75) is 26.8 Å². The number of aromatic nitrogens is 1. The lowest BCUT2D eigenvalue weighted by atomic mass is 9.81. The smallest absolute Gasteiger partial charge is 0.106 e. The van der Waals surface area contributed by atoms with E-state index in [1.165, 1.54) is 5.56 Å². The standard InChI is InChI=1S/C14H22BrN3/c1-14(2,3)13(18-8-6-16-7-9-18)11-4-5-12(15)17-10-11/h4-5,10,13,16H,6-9H2,1-3H3/t13-/m0/s1. The molecule has 2 rings (SSSR count). The normalized spacial score (nSPS) is 19.8. The molecule has 1 aliphatic heterocycles. The summed E-state index contributed by atoms with van der Waals surface area (Å²) in [6.45, 7) is 11.3. The molecule has 0 saturated carbocycles. The molecule has 1 aromatic heterocycles. The van der Waals surface area contributed by atoms with E-state index in [2.05, 4.69) is 58.0 Å². The molecule has 100 valence electrons. The van der Waals surface area contributed by atoms with Gasteiger partial charge in [-0.05, 0) is 33.0 Å². The first kappa shape index (κ1) is 14.0. The van der Waals surface area contributed by atoms with Gasteiger partial charge in [0.25, 0.3) is 0 Å². The monoisotopic (exact) mass is 311 g/mol. The topological polar surface area (TPSA) is 28.2 Å². The molecule has 1 fully saturated rings. The van der Waals surface area contributed by atoms with E-state index >= 15 is 0 Å². The van der Waals surface area contributed by atoms with Crippen molar-refractivity contribution in [3.05, 3.63) is 28.5 Å². The lowest BCUT2D eigenvalue weighted by molar-refractivity contribution is 0.0859. The summed E-state index contributed by atoms with van der Waals surface area (Å²) in [7, 11) is 0. The molecule has 0 unspecified atom stereocenters. The summed E-state index contributed by atoms with van der Waals surface area (Å²) < 4.78 is 0.902. The zero-order valence-electron chi connectivity index (χ0n) is 11.4. The summed E-state index contributed by atoms with van der Waals surface area (Å²) in [5, 5.41) is 3.42. The molecule has 1 aliphatic rings. The molecule has 0 bridgehead atoms. The highest BCUT2D eigenvalue weighted by Crippen LogP contribution is 2.37. The van der Waals surface area contributed by atoms with E-state index in [9.17, 15) is 0 Å². The van der Waals surface area contributed by atoms with Crippen LogP contribution in [-0.2, 0) is 0 Å². The Kier molecular flexibility index (Phi) is 4.41. The number of pyridine rings is 1. The quantitative estimate of drug-likeness (QED) is 0.851. The molecule has 4 heteroatoms. The lowest BCUT2D eigenvalue weighted by Crippen LogP contribution is -2.48. The van der Waals surface area contributed by atoms with Gasteiger partial charge in [0.1, 0.15) is 4.60 Å². The van der Waals surface area contributed by atoms with E-state index < -0.39 is 0 Å². The van der Waals surface area contributed by atoms with Gasteiger partial charge < -0.3 is 5.32 Å². The Morgan fingerprint density at radius 1 is 1.28 bits per heavy atom. The van der Waals surface area contributed by atoms with Crippen molar-refractivity contribution in [2.75, 3.05) is 26.2 Å². The molecule has 1 atom stereocenters. The maximum absolute atomic E-state index is 4.38. The largest absolute Gasteiger partial charge is 0.314 e. The summed E-state index contributed by atoms with van der Waals surface area (Å²) in [6, 6.07) is 4.66. The minimum atomic E-state index is 0.215. The Hall–Kier alpha value is -0.450. The van der Waals surface area contributed by atoms with Gasteiger partial charge in [0, 0.05) is 38.4 Å². The predicted molar refractivity (Wildman–Crippen MR) is 78.6 cm³/mol. The van der Waals surface area contributed by atoms with Crippen LogP contribution in [0, 0.1) is 5.41 Å². The average molecular weight is 312 g/mol. The van der Waals surface area contributed by atoms with E-state index in [-0.39, 0.29) is 5.41 Å². The fraction of sp³-hybridized carbons (Fsp3) is 0.643. The van der Waals surface area contributed by atoms with E-state index in [1.54, 1.807) is 0 Å². The Morgan fingerprint density at radius 2 is 1.94 bits per heavy atom. The van der Waals surface area contributed by atoms with Gasteiger partial charge in [0.15, 0.2) is 0 Å². The third-order valence-corrected chi connectivity index (χ3v) is 3.87. The van der Waals surface area contributed by atoms with Crippen LogP contribution in [0.25, 0.3) is 0 Å². The Labute approximate surface area is 118 Å². The molecular weight excluding hydrogens is 290 g/mol. The van der Waals surface area contributed by atoms with Crippen molar-refractivity contribution in [3.8, 4) is 0 Å². The van der Waals surface area contributed by atoms with Crippen molar-refractivity contribution in [1.82, 2.24) is 15.2 Å². The summed E-state index contributed by atoms with van der Waals surface area (Å²) >= 11 is 3.41. The molecule has 3 nitrogen and oxygen atoms in total. The fourth-order valence-electron chi connectivity index (χ4n) is 2.75. The number of nitrogens with zero attached hydrogens (tertiary/aromatic N) is 2. The molecule has 0 aliphatic carbocycles. The maximum Gasteiger partial charge on any atom is 0.106 e. The molecule has 2 heterocycles. The van der Waals surface area contributed by atoms with Gasteiger partial charge in [0.05, 0.1) is 0 Å². The summed E-state index contributed by atoms with van der Waals surface area (Å²) in [6.07, 6.45) is 2.00. The number of rotatable bonds is 2.